The largest absolute Gasteiger partial charge is 0.361 e. The summed E-state index contributed by atoms with van der Waals surface area (Å²) in [4.78, 5) is 37.7. The molecule has 0 saturated carbocycles. The number of nitrogens with zero attached hydrogens (tertiary/aromatic N) is 3. The second kappa shape index (κ2) is 10.7. The molecule has 4 heterocycles. The Labute approximate surface area is 204 Å². The predicted octanol–water partition coefficient (Wildman–Crippen LogP) is 3.79. The van der Waals surface area contributed by atoms with Gasteiger partial charge < -0.3 is 20.1 Å². The van der Waals surface area contributed by atoms with E-state index >= 15 is 0 Å². The molecule has 3 aromatic rings. The number of likely N-dealkylation sites (tertiary alicyclic amines) is 2. The highest BCUT2D eigenvalue weighted by Gasteiger charge is 2.26. The third-order valence-corrected chi connectivity index (χ3v) is 8.11. The third kappa shape index (κ3) is 5.33. The highest BCUT2D eigenvalue weighted by Crippen LogP contribution is 2.31. The topological polar surface area (TPSA) is 81.3 Å². The summed E-state index contributed by atoms with van der Waals surface area (Å²) in [6.45, 7) is 5.61. The van der Waals surface area contributed by atoms with Gasteiger partial charge in [0.2, 0.25) is 5.91 Å². The second-order valence-corrected chi connectivity index (χ2v) is 10.3. The Hall–Kier alpha value is -2.71. The molecule has 2 aliphatic heterocycles. The molecule has 0 bridgehead atoms. The van der Waals surface area contributed by atoms with E-state index in [2.05, 4.69) is 26.3 Å². The average molecular weight is 480 g/mol. The molecule has 180 valence electrons. The lowest BCUT2D eigenvalue weighted by Gasteiger charge is -2.31. The van der Waals surface area contributed by atoms with Gasteiger partial charge in [-0.2, -0.15) is 0 Å². The number of amides is 2. The van der Waals surface area contributed by atoms with Crippen LogP contribution in [0.4, 0.5) is 0 Å². The summed E-state index contributed by atoms with van der Waals surface area (Å²) in [5.41, 5.74) is 2.65. The number of piperidine rings is 1. The van der Waals surface area contributed by atoms with Crippen molar-refractivity contribution < 1.29 is 9.59 Å². The van der Waals surface area contributed by atoms with Crippen molar-refractivity contribution in [2.24, 2.45) is 0 Å². The Morgan fingerprint density at radius 2 is 1.91 bits per heavy atom. The minimum atomic E-state index is -0.0738. The number of rotatable bonds is 8. The van der Waals surface area contributed by atoms with Crippen molar-refractivity contribution in [3.8, 4) is 0 Å². The van der Waals surface area contributed by atoms with Crippen LogP contribution in [0.25, 0.3) is 10.9 Å². The van der Waals surface area contributed by atoms with Crippen LogP contribution in [0.15, 0.2) is 35.8 Å². The molecule has 0 aliphatic carbocycles. The molecular weight excluding hydrogens is 446 g/mol. The van der Waals surface area contributed by atoms with Gasteiger partial charge in [-0.3, -0.25) is 9.59 Å². The van der Waals surface area contributed by atoms with Crippen molar-refractivity contribution in [3.63, 3.8) is 0 Å². The fourth-order valence-corrected chi connectivity index (χ4v) is 6.08. The number of hydrogen-bond acceptors (Lipinski definition) is 5. The molecule has 1 aromatic carbocycles. The van der Waals surface area contributed by atoms with Crippen molar-refractivity contribution in [2.45, 2.75) is 44.4 Å². The van der Waals surface area contributed by atoms with Gasteiger partial charge in [0.15, 0.2) is 0 Å². The molecule has 7 nitrogen and oxygen atoms in total. The minimum Gasteiger partial charge on any atom is -0.361 e. The number of aromatic nitrogens is 2. The smallest absolute Gasteiger partial charge is 0.270 e. The van der Waals surface area contributed by atoms with Gasteiger partial charge in [0.25, 0.3) is 5.91 Å². The van der Waals surface area contributed by atoms with Crippen LogP contribution < -0.4 is 5.32 Å². The summed E-state index contributed by atoms with van der Waals surface area (Å²) in [5.74, 6) is 0.422. The van der Waals surface area contributed by atoms with Crippen LogP contribution in [0.1, 0.15) is 59.1 Å². The van der Waals surface area contributed by atoms with E-state index in [0.29, 0.717) is 24.6 Å². The van der Waals surface area contributed by atoms with E-state index in [0.717, 1.165) is 60.4 Å². The molecule has 2 aliphatic rings. The van der Waals surface area contributed by atoms with E-state index in [1.807, 2.05) is 34.7 Å². The fourth-order valence-electron chi connectivity index (χ4n) is 5.11. The van der Waals surface area contributed by atoms with E-state index in [4.69, 9.17) is 0 Å². The second-order valence-electron chi connectivity index (χ2n) is 9.42. The number of hydrogen-bond donors (Lipinski definition) is 2. The maximum absolute atomic E-state index is 12.9. The van der Waals surface area contributed by atoms with Crippen LogP contribution in [0.3, 0.4) is 0 Å². The van der Waals surface area contributed by atoms with Crippen molar-refractivity contribution in [1.29, 1.82) is 0 Å². The molecular formula is C26H33N5O2S. The molecule has 0 spiro atoms. The van der Waals surface area contributed by atoms with Crippen LogP contribution in [-0.4, -0.2) is 70.9 Å². The molecule has 34 heavy (non-hydrogen) atoms. The van der Waals surface area contributed by atoms with Gasteiger partial charge in [-0.25, -0.2) is 4.98 Å². The molecule has 0 unspecified atom stereocenters. The first-order valence-corrected chi connectivity index (χ1v) is 13.3. The lowest BCUT2D eigenvalue weighted by Crippen LogP contribution is -2.38. The molecule has 2 N–H and O–H groups in total. The summed E-state index contributed by atoms with van der Waals surface area (Å²) < 4.78 is 0. The maximum atomic E-state index is 12.9. The van der Waals surface area contributed by atoms with Crippen molar-refractivity contribution in [3.05, 3.63) is 52.1 Å². The van der Waals surface area contributed by atoms with Crippen LogP contribution >= 0.6 is 11.3 Å². The van der Waals surface area contributed by atoms with Gasteiger partial charge in [0.05, 0.1) is 11.4 Å². The van der Waals surface area contributed by atoms with E-state index < -0.39 is 0 Å². The minimum absolute atomic E-state index is 0.0738. The summed E-state index contributed by atoms with van der Waals surface area (Å²) in [6, 6.07) is 8.10. The van der Waals surface area contributed by atoms with Crippen LogP contribution in [0, 0.1) is 0 Å². The van der Waals surface area contributed by atoms with Crippen LogP contribution in [0.5, 0.6) is 0 Å². The van der Waals surface area contributed by atoms with Crippen molar-refractivity contribution in [1.82, 2.24) is 25.1 Å². The quantitative estimate of drug-likeness (QED) is 0.482. The van der Waals surface area contributed by atoms with Crippen molar-refractivity contribution >= 4 is 34.1 Å². The number of H-pyrrole nitrogens is 1. The highest BCUT2D eigenvalue weighted by molar-refractivity contribution is 7.09. The van der Waals surface area contributed by atoms with Gasteiger partial charge in [-0.15, -0.1) is 11.3 Å². The number of carbonyl (C=O) groups excluding carboxylic acids is 2. The van der Waals surface area contributed by atoms with Crippen LogP contribution in [-0.2, 0) is 11.2 Å². The molecule has 2 aromatic heterocycles. The van der Waals surface area contributed by atoms with Gasteiger partial charge in [-0.05, 0) is 63.4 Å². The summed E-state index contributed by atoms with van der Waals surface area (Å²) in [5, 5.41) is 7.03. The van der Waals surface area contributed by atoms with Gasteiger partial charge in [0, 0.05) is 48.0 Å². The molecule has 0 radical (unpaired) electrons. The zero-order chi connectivity index (χ0) is 23.3. The Balaban J connectivity index is 1.07. The standard InChI is InChI=1S/C26H33N5O2S/c32-24(16-20-17-28-22-7-2-1-6-21(20)22)31-14-8-19(9-15-31)26-29-23(18-34-26)25(33)27-10-5-13-30-11-3-4-12-30/h1-2,6-7,17-19,28H,3-5,8-16H2,(H,27,33). The number of carbonyl (C=O) groups is 2. The Morgan fingerprint density at radius 3 is 2.74 bits per heavy atom. The maximum Gasteiger partial charge on any atom is 0.270 e. The summed E-state index contributed by atoms with van der Waals surface area (Å²) in [6.07, 6.45) is 7.73. The Bertz CT molecular complexity index is 1130. The summed E-state index contributed by atoms with van der Waals surface area (Å²) >= 11 is 1.57. The zero-order valence-corrected chi connectivity index (χ0v) is 20.4. The first kappa shape index (κ1) is 23.1. The van der Waals surface area contributed by atoms with Crippen molar-refractivity contribution in [2.75, 3.05) is 39.3 Å². The molecule has 2 fully saturated rings. The fraction of sp³-hybridized carbons (Fsp3) is 0.500. The summed E-state index contributed by atoms with van der Waals surface area (Å²) in [7, 11) is 0. The van der Waals surface area contributed by atoms with E-state index in [1.54, 1.807) is 11.3 Å². The molecule has 2 saturated heterocycles. The first-order valence-electron chi connectivity index (χ1n) is 12.5. The lowest BCUT2D eigenvalue weighted by molar-refractivity contribution is -0.131. The zero-order valence-electron chi connectivity index (χ0n) is 19.6. The average Bonchev–Trinajstić information content (AvgIpc) is 3.64. The number of nitrogens with one attached hydrogen (secondary N) is 2. The van der Waals surface area contributed by atoms with Gasteiger partial charge >= 0.3 is 0 Å². The van der Waals surface area contributed by atoms with E-state index in [-0.39, 0.29) is 11.8 Å². The lowest BCUT2D eigenvalue weighted by atomic mass is 9.97. The monoisotopic (exact) mass is 479 g/mol. The Kier molecular flexibility index (Phi) is 7.25. The highest BCUT2D eigenvalue weighted by atomic mass is 32.1. The van der Waals surface area contributed by atoms with Gasteiger partial charge in [-0.1, -0.05) is 18.2 Å². The number of fused-ring (bicyclic) bond motifs is 1. The first-order chi connectivity index (χ1) is 16.7. The van der Waals surface area contributed by atoms with E-state index in [9.17, 15) is 9.59 Å². The normalized spacial score (nSPS) is 17.5. The number of thiazole rings is 1. The Morgan fingerprint density at radius 1 is 1.12 bits per heavy atom. The van der Waals surface area contributed by atoms with E-state index in [1.165, 1.54) is 25.9 Å². The molecule has 2 amide bonds. The predicted molar refractivity (Wildman–Crippen MR) is 135 cm³/mol. The number of para-hydroxylation sites is 1. The number of aromatic amines is 1. The SMILES string of the molecule is O=C(NCCCN1CCCC1)c1csc(C2CCN(C(=O)Cc3c[nH]c4ccccc34)CC2)n1. The third-order valence-electron chi connectivity index (χ3n) is 7.10. The van der Waals surface area contributed by atoms with Gasteiger partial charge in [0.1, 0.15) is 5.69 Å². The molecule has 5 rings (SSSR count). The van der Waals surface area contributed by atoms with Crippen LogP contribution in [0.2, 0.25) is 0 Å². The molecule has 0 atom stereocenters. The number of benzene rings is 1. The molecule has 8 heteroatoms.